The average Bonchev–Trinajstić information content (AvgIpc) is 2.81. The molecule has 0 bridgehead atoms. The highest BCUT2D eigenvalue weighted by atomic mass is 32.1. The first-order chi connectivity index (χ1) is 8.15. The lowest BCUT2D eigenvalue weighted by Gasteiger charge is -2.01. The molecule has 0 atom stereocenters. The third-order valence-corrected chi connectivity index (χ3v) is 3.64. The van der Waals surface area contributed by atoms with Crippen molar-refractivity contribution in [3.05, 3.63) is 33.5 Å². The Hall–Kier alpha value is -1.20. The van der Waals surface area contributed by atoms with E-state index in [9.17, 15) is 0 Å². The molecule has 5 heteroatoms. The Morgan fingerprint density at radius 3 is 2.82 bits per heavy atom. The van der Waals surface area contributed by atoms with Gasteiger partial charge in [-0.05, 0) is 13.8 Å². The number of rotatable bonds is 5. The number of thiazole rings is 1. The molecule has 0 fully saturated rings. The van der Waals surface area contributed by atoms with Crippen LogP contribution in [0.3, 0.4) is 0 Å². The zero-order valence-electron chi connectivity index (χ0n) is 10.5. The van der Waals surface area contributed by atoms with Crippen LogP contribution >= 0.6 is 11.3 Å². The highest BCUT2D eigenvalue weighted by molar-refractivity contribution is 7.09. The topological polar surface area (TPSA) is 42.7 Å². The van der Waals surface area contributed by atoms with Crippen LogP contribution in [-0.4, -0.2) is 21.3 Å². The van der Waals surface area contributed by atoms with E-state index in [4.69, 9.17) is 0 Å². The van der Waals surface area contributed by atoms with Crippen LogP contribution in [0.25, 0.3) is 0 Å². The smallest absolute Gasteiger partial charge is 0.0940 e. The molecule has 2 aromatic rings. The number of hydrogen-bond acceptors (Lipinski definition) is 4. The van der Waals surface area contributed by atoms with E-state index < -0.39 is 0 Å². The van der Waals surface area contributed by atoms with Crippen molar-refractivity contribution in [3.8, 4) is 0 Å². The van der Waals surface area contributed by atoms with E-state index in [1.54, 1.807) is 11.3 Å². The highest BCUT2D eigenvalue weighted by Gasteiger charge is 2.02. The molecule has 0 unspecified atom stereocenters. The number of hydrogen-bond donors (Lipinski definition) is 1. The third kappa shape index (κ3) is 3.38. The molecular weight excluding hydrogens is 232 g/mol. The molecule has 0 saturated heterocycles. The Morgan fingerprint density at radius 1 is 1.41 bits per heavy atom. The van der Waals surface area contributed by atoms with Gasteiger partial charge in [0.25, 0.3) is 0 Å². The van der Waals surface area contributed by atoms with Crippen LogP contribution in [-0.2, 0) is 20.0 Å². The van der Waals surface area contributed by atoms with Gasteiger partial charge in [-0.15, -0.1) is 11.3 Å². The Balaban J connectivity index is 1.75. The summed E-state index contributed by atoms with van der Waals surface area (Å²) in [6, 6.07) is 0. The molecule has 0 aliphatic carbocycles. The molecule has 0 aliphatic heterocycles. The minimum absolute atomic E-state index is 0.879. The van der Waals surface area contributed by atoms with Gasteiger partial charge < -0.3 is 5.32 Å². The van der Waals surface area contributed by atoms with Crippen LogP contribution in [0.2, 0.25) is 0 Å². The molecule has 17 heavy (non-hydrogen) atoms. The first kappa shape index (κ1) is 12.3. The van der Waals surface area contributed by atoms with Gasteiger partial charge in [0, 0.05) is 49.4 Å². The van der Waals surface area contributed by atoms with E-state index in [1.807, 2.05) is 25.6 Å². The normalized spacial score (nSPS) is 11.0. The van der Waals surface area contributed by atoms with Gasteiger partial charge in [0.15, 0.2) is 0 Å². The largest absolute Gasteiger partial charge is 0.312 e. The first-order valence-corrected chi connectivity index (χ1v) is 6.64. The van der Waals surface area contributed by atoms with Gasteiger partial charge in [-0.25, -0.2) is 4.98 Å². The summed E-state index contributed by atoms with van der Waals surface area (Å²) in [7, 11) is 1.95. The Bertz CT molecular complexity index is 486. The van der Waals surface area contributed by atoms with Crippen molar-refractivity contribution in [2.45, 2.75) is 26.8 Å². The molecule has 0 aliphatic rings. The predicted molar refractivity (Wildman–Crippen MR) is 70.2 cm³/mol. The van der Waals surface area contributed by atoms with Crippen LogP contribution in [0.15, 0.2) is 11.6 Å². The standard InChI is InChI=1S/C12H18N4S/c1-9-8-17-12(14-9)4-5-13-6-11-7-16(3)15-10(11)2/h7-8,13H,4-6H2,1-3H3. The van der Waals surface area contributed by atoms with Crippen molar-refractivity contribution < 1.29 is 0 Å². The van der Waals surface area contributed by atoms with Crippen molar-refractivity contribution in [1.82, 2.24) is 20.1 Å². The van der Waals surface area contributed by atoms with Gasteiger partial charge in [0.05, 0.1) is 10.7 Å². The average molecular weight is 250 g/mol. The van der Waals surface area contributed by atoms with E-state index in [1.165, 1.54) is 10.6 Å². The number of aryl methyl sites for hydroxylation is 3. The van der Waals surface area contributed by atoms with Crippen LogP contribution in [0.1, 0.15) is 22.0 Å². The van der Waals surface area contributed by atoms with Crippen molar-refractivity contribution >= 4 is 11.3 Å². The first-order valence-electron chi connectivity index (χ1n) is 5.76. The molecule has 0 amide bonds. The summed E-state index contributed by atoms with van der Waals surface area (Å²) in [5.74, 6) is 0. The summed E-state index contributed by atoms with van der Waals surface area (Å²) in [4.78, 5) is 4.44. The Labute approximate surface area is 106 Å². The lowest BCUT2D eigenvalue weighted by atomic mass is 10.2. The second-order valence-corrected chi connectivity index (χ2v) is 5.17. The molecule has 1 N–H and O–H groups in total. The summed E-state index contributed by atoms with van der Waals surface area (Å²) in [5, 5.41) is 11.0. The maximum atomic E-state index is 4.44. The predicted octanol–water partition coefficient (Wildman–Crippen LogP) is 1.83. The molecule has 0 spiro atoms. The fourth-order valence-electron chi connectivity index (χ4n) is 1.76. The summed E-state index contributed by atoms with van der Waals surface area (Å²) >= 11 is 1.74. The molecule has 4 nitrogen and oxygen atoms in total. The number of nitrogens with zero attached hydrogens (tertiary/aromatic N) is 3. The van der Waals surface area contributed by atoms with Crippen LogP contribution in [0, 0.1) is 13.8 Å². The van der Waals surface area contributed by atoms with Gasteiger partial charge in [0.1, 0.15) is 0 Å². The minimum atomic E-state index is 0.879. The minimum Gasteiger partial charge on any atom is -0.312 e. The Kier molecular flexibility index (Phi) is 3.91. The van der Waals surface area contributed by atoms with Crippen molar-refractivity contribution in [3.63, 3.8) is 0 Å². The van der Waals surface area contributed by atoms with Crippen molar-refractivity contribution in [2.24, 2.45) is 7.05 Å². The fraction of sp³-hybridized carbons (Fsp3) is 0.500. The van der Waals surface area contributed by atoms with Gasteiger partial charge in [0.2, 0.25) is 0 Å². The quantitative estimate of drug-likeness (QED) is 0.823. The highest BCUT2D eigenvalue weighted by Crippen LogP contribution is 2.09. The van der Waals surface area contributed by atoms with Crippen LogP contribution in [0.4, 0.5) is 0 Å². The molecule has 0 radical (unpaired) electrons. The monoisotopic (exact) mass is 250 g/mol. The van der Waals surface area contributed by atoms with E-state index in [0.29, 0.717) is 0 Å². The van der Waals surface area contributed by atoms with Gasteiger partial charge in [-0.3, -0.25) is 4.68 Å². The lowest BCUT2D eigenvalue weighted by Crippen LogP contribution is -2.16. The summed E-state index contributed by atoms with van der Waals surface area (Å²) in [6.07, 6.45) is 3.06. The molecule has 2 aromatic heterocycles. The van der Waals surface area contributed by atoms with Crippen LogP contribution < -0.4 is 5.32 Å². The fourth-order valence-corrected chi connectivity index (χ4v) is 2.53. The zero-order chi connectivity index (χ0) is 12.3. The second-order valence-electron chi connectivity index (χ2n) is 4.22. The van der Waals surface area contributed by atoms with E-state index in [-0.39, 0.29) is 0 Å². The lowest BCUT2D eigenvalue weighted by molar-refractivity contribution is 0.682. The number of aromatic nitrogens is 3. The maximum absolute atomic E-state index is 4.44. The molecule has 0 aromatic carbocycles. The van der Waals surface area contributed by atoms with Gasteiger partial charge in [-0.2, -0.15) is 5.10 Å². The summed E-state index contributed by atoms with van der Waals surface area (Å²) in [5.41, 5.74) is 3.49. The van der Waals surface area contributed by atoms with Gasteiger partial charge in [-0.1, -0.05) is 0 Å². The third-order valence-electron chi connectivity index (χ3n) is 2.61. The SMILES string of the molecule is Cc1csc(CCNCc2cn(C)nc2C)n1. The van der Waals surface area contributed by atoms with Crippen molar-refractivity contribution in [1.29, 1.82) is 0 Å². The van der Waals surface area contributed by atoms with Crippen LogP contribution in [0.5, 0.6) is 0 Å². The number of nitrogens with one attached hydrogen (secondary N) is 1. The molecule has 2 rings (SSSR count). The van der Waals surface area contributed by atoms with E-state index >= 15 is 0 Å². The second kappa shape index (κ2) is 5.42. The molecule has 0 saturated carbocycles. The molecule has 92 valence electrons. The van der Waals surface area contributed by atoms with E-state index in [2.05, 4.69) is 27.0 Å². The maximum Gasteiger partial charge on any atom is 0.0940 e. The summed E-state index contributed by atoms with van der Waals surface area (Å²) < 4.78 is 1.86. The summed E-state index contributed by atoms with van der Waals surface area (Å²) in [6.45, 7) is 5.92. The molecule has 2 heterocycles. The Morgan fingerprint density at radius 2 is 2.24 bits per heavy atom. The van der Waals surface area contributed by atoms with Gasteiger partial charge >= 0.3 is 0 Å². The zero-order valence-corrected chi connectivity index (χ0v) is 11.3. The molecular formula is C12H18N4S. The van der Waals surface area contributed by atoms with Crippen molar-refractivity contribution in [2.75, 3.05) is 6.54 Å². The van der Waals surface area contributed by atoms with E-state index in [0.717, 1.165) is 30.9 Å².